The van der Waals surface area contributed by atoms with Gasteiger partial charge in [0, 0.05) is 11.8 Å². The molecular formula is C16H14N4O3S. The third-order valence-corrected chi connectivity index (χ3v) is 5.25. The fraction of sp³-hybridized carbons (Fsp3) is 0.250. The van der Waals surface area contributed by atoms with Crippen LogP contribution in [0.4, 0.5) is 0 Å². The standard InChI is InChI=1S/C16H14N4O3S/c1-9-17-12-5-3-2-4-11(12)14(21)19(9)8-10-6-7-13(24-10)18-20-15(22)16(20)23/h2-5,7,10,18H,6,8H2,1H3. The zero-order valence-electron chi connectivity index (χ0n) is 12.9. The largest absolute Gasteiger partial charge is 0.340 e. The summed E-state index contributed by atoms with van der Waals surface area (Å²) in [6.07, 6.45) is 2.69. The molecule has 3 aromatic rings. The molecule has 4 rings (SSSR count). The van der Waals surface area contributed by atoms with Gasteiger partial charge in [0.15, 0.2) is 0 Å². The summed E-state index contributed by atoms with van der Waals surface area (Å²) in [6.45, 7) is 2.35. The maximum atomic E-state index is 12.7. The SMILES string of the molecule is Cc1nc2ccccc2c(=O)n1CC1CC=C(Nn2c(=O)c2=O)S1. The van der Waals surface area contributed by atoms with E-state index in [0.29, 0.717) is 23.3 Å². The van der Waals surface area contributed by atoms with Crippen LogP contribution < -0.4 is 22.1 Å². The minimum Gasteiger partial charge on any atom is -0.295 e. The first-order valence-corrected chi connectivity index (χ1v) is 8.40. The van der Waals surface area contributed by atoms with Gasteiger partial charge in [-0.1, -0.05) is 18.2 Å². The number of fused-ring (bicyclic) bond motifs is 1. The Balaban J connectivity index is 1.54. The molecular weight excluding hydrogens is 328 g/mol. The Bertz CT molecular complexity index is 1080. The summed E-state index contributed by atoms with van der Waals surface area (Å²) in [5.74, 6) is 0.678. The highest BCUT2D eigenvalue weighted by molar-refractivity contribution is 8.04. The topological polar surface area (TPSA) is 86.0 Å². The van der Waals surface area contributed by atoms with E-state index in [2.05, 4.69) is 10.4 Å². The van der Waals surface area contributed by atoms with Gasteiger partial charge in [-0.3, -0.25) is 24.4 Å². The molecule has 1 aromatic carbocycles. The third-order valence-electron chi connectivity index (χ3n) is 4.06. The lowest BCUT2D eigenvalue weighted by atomic mass is 10.2. The van der Waals surface area contributed by atoms with Gasteiger partial charge < -0.3 is 0 Å². The average Bonchev–Trinajstić information content (AvgIpc) is 2.97. The minimum atomic E-state index is -0.522. The molecule has 0 spiro atoms. The molecule has 1 unspecified atom stereocenters. The van der Waals surface area contributed by atoms with Crippen LogP contribution in [0.3, 0.4) is 0 Å². The predicted molar refractivity (Wildman–Crippen MR) is 93.5 cm³/mol. The van der Waals surface area contributed by atoms with Crippen LogP contribution in [0.2, 0.25) is 0 Å². The van der Waals surface area contributed by atoms with Crippen molar-refractivity contribution in [1.29, 1.82) is 0 Å². The summed E-state index contributed by atoms with van der Waals surface area (Å²) in [5.41, 5.74) is 2.40. The monoisotopic (exact) mass is 342 g/mol. The van der Waals surface area contributed by atoms with Gasteiger partial charge in [0.25, 0.3) is 5.56 Å². The molecule has 3 heterocycles. The van der Waals surface area contributed by atoms with Crippen LogP contribution in [0, 0.1) is 6.92 Å². The van der Waals surface area contributed by atoms with E-state index in [1.165, 1.54) is 11.8 Å². The second kappa shape index (κ2) is 5.48. The van der Waals surface area contributed by atoms with Crippen molar-refractivity contribution in [1.82, 2.24) is 14.2 Å². The van der Waals surface area contributed by atoms with Gasteiger partial charge in [0.1, 0.15) is 5.82 Å². The number of nitrogens with zero attached hydrogens (tertiary/aromatic N) is 3. The van der Waals surface area contributed by atoms with E-state index in [1.54, 1.807) is 10.6 Å². The first-order chi connectivity index (χ1) is 11.5. The summed E-state index contributed by atoms with van der Waals surface area (Å²) in [5, 5.41) is 1.52. The van der Waals surface area contributed by atoms with Crippen LogP contribution in [-0.2, 0) is 6.54 Å². The summed E-state index contributed by atoms with van der Waals surface area (Å²) < 4.78 is 2.67. The zero-order chi connectivity index (χ0) is 16.8. The molecule has 1 N–H and O–H groups in total. The molecule has 0 amide bonds. The first-order valence-electron chi connectivity index (χ1n) is 7.52. The first kappa shape index (κ1) is 14.9. The van der Waals surface area contributed by atoms with E-state index < -0.39 is 11.1 Å². The van der Waals surface area contributed by atoms with Crippen molar-refractivity contribution in [2.24, 2.45) is 0 Å². The molecule has 24 heavy (non-hydrogen) atoms. The Morgan fingerprint density at radius 1 is 1.21 bits per heavy atom. The number of para-hydroxylation sites is 1. The Kier molecular flexibility index (Phi) is 3.42. The van der Waals surface area contributed by atoms with Crippen molar-refractivity contribution in [2.45, 2.75) is 25.1 Å². The number of benzene rings is 1. The second-order valence-electron chi connectivity index (χ2n) is 5.69. The molecule has 0 saturated heterocycles. The zero-order valence-corrected chi connectivity index (χ0v) is 13.7. The van der Waals surface area contributed by atoms with E-state index in [1.807, 2.05) is 31.2 Å². The molecule has 1 atom stereocenters. The lowest BCUT2D eigenvalue weighted by molar-refractivity contribution is 0.620. The molecule has 0 radical (unpaired) electrons. The van der Waals surface area contributed by atoms with Crippen molar-refractivity contribution in [2.75, 3.05) is 5.43 Å². The smallest absolute Gasteiger partial charge is 0.295 e. The van der Waals surface area contributed by atoms with Crippen LogP contribution in [0.1, 0.15) is 12.2 Å². The molecule has 0 bridgehead atoms. The van der Waals surface area contributed by atoms with Crippen LogP contribution >= 0.6 is 11.8 Å². The Morgan fingerprint density at radius 2 is 1.96 bits per heavy atom. The van der Waals surface area contributed by atoms with Crippen molar-refractivity contribution in [3.8, 4) is 0 Å². The van der Waals surface area contributed by atoms with Gasteiger partial charge in [-0.25, -0.2) is 4.98 Å². The Hall–Kier alpha value is -2.61. The molecule has 122 valence electrons. The minimum absolute atomic E-state index is 0.0450. The fourth-order valence-corrected chi connectivity index (χ4v) is 3.85. The molecule has 1 aliphatic rings. The maximum Gasteiger partial charge on any atom is 0.340 e. The lowest BCUT2D eigenvalue weighted by Gasteiger charge is -2.15. The quantitative estimate of drug-likeness (QED) is 0.702. The molecule has 0 fully saturated rings. The third kappa shape index (κ3) is 2.48. The summed E-state index contributed by atoms with van der Waals surface area (Å²) in [6, 6.07) is 7.31. The maximum absolute atomic E-state index is 12.7. The number of thioether (sulfide) groups is 1. The van der Waals surface area contributed by atoms with Gasteiger partial charge in [-0.15, -0.1) is 11.8 Å². The number of nitrogens with one attached hydrogen (secondary N) is 1. The molecule has 0 aliphatic carbocycles. The highest BCUT2D eigenvalue weighted by atomic mass is 32.2. The van der Waals surface area contributed by atoms with Crippen LogP contribution in [0.15, 0.2) is 49.8 Å². The van der Waals surface area contributed by atoms with Crippen molar-refractivity contribution in [3.05, 3.63) is 72.3 Å². The highest BCUT2D eigenvalue weighted by Crippen LogP contribution is 2.31. The second-order valence-corrected chi connectivity index (χ2v) is 7.04. The number of aryl methyl sites for hydroxylation is 1. The summed E-state index contributed by atoms with van der Waals surface area (Å²) in [7, 11) is 0. The normalized spacial score (nSPS) is 17.5. The van der Waals surface area contributed by atoms with E-state index in [0.717, 1.165) is 16.1 Å². The van der Waals surface area contributed by atoms with E-state index in [4.69, 9.17) is 0 Å². The van der Waals surface area contributed by atoms with Crippen LogP contribution in [-0.4, -0.2) is 19.5 Å². The van der Waals surface area contributed by atoms with E-state index >= 15 is 0 Å². The van der Waals surface area contributed by atoms with Crippen LogP contribution in [0.25, 0.3) is 10.9 Å². The van der Waals surface area contributed by atoms with Gasteiger partial charge in [0.05, 0.1) is 15.9 Å². The predicted octanol–water partition coefficient (Wildman–Crippen LogP) is 0.693. The lowest BCUT2D eigenvalue weighted by Crippen LogP contribution is -2.27. The fourth-order valence-electron chi connectivity index (χ4n) is 2.74. The van der Waals surface area contributed by atoms with E-state index in [-0.39, 0.29) is 10.8 Å². The van der Waals surface area contributed by atoms with Gasteiger partial charge in [-0.2, -0.15) is 4.68 Å². The molecule has 7 nitrogen and oxygen atoms in total. The molecule has 8 heteroatoms. The molecule has 1 aliphatic heterocycles. The molecule has 0 saturated carbocycles. The Morgan fingerprint density at radius 3 is 2.71 bits per heavy atom. The summed E-state index contributed by atoms with van der Waals surface area (Å²) in [4.78, 5) is 39.2. The average molecular weight is 342 g/mol. The van der Waals surface area contributed by atoms with Crippen LogP contribution in [0.5, 0.6) is 0 Å². The number of aromatic nitrogens is 3. The van der Waals surface area contributed by atoms with Crippen molar-refractivity contribution < 1.29 is 0 Å². The number of hydrogen-bond donors (Lipinski definition) is 1. The van der Waals surface area contributed by atoms with Crippen molar-refractivity contribution >= 4 is 22.7 Å². The van der Waals surface area contributed by atoms with Gasteiger partial charge in [-0.05, 0) is 25.5 Å². The number of rotatable bonds is 4. The molecule has 2 aromatic heterocycles. The van der Waals surface area contributed by atoms with Gasteiger partial charge >= 0.3 is 11.1 Å². The highest BCUT2D eigenvalue weighted by Gasteiger charge is 2.24. The number of hydrogen-bond acceptors (Lipinski definition) is 6. The van der Waals surface area contributed by atoms with E-state index in [9.17, 15) is 14.4 Å². The summed E-state index contributed by atoms with van der Waals surface area (Å²) >= 11 is 1.52. The Labute approximate surface area is 140 Å². The van der Waals surface area contributed by atoms with Gasteiger partial charge in [0.2, 0.25) is 0 Å². The van der Waals surface area contributed by atoms with Crippen molar-refractivity contribution in [3.63, 3.8) is 0 Å². The number of allylic oxidation sites excluding steroid dienone is 1.